The number of nitrogens with zero attached hydrogens (tertiary/aromatic N) is 2. The van der Waals surface area contributed by atoms with E-state index < -0.39 is 10.0 Å². The maximum atomic E-state index is 12.4. The number of anilines is 3. The van der Waals surface area contributed by atoms with Gasteiger partial charge in [0.25, 0.3) is 10.0 Å². The molecule has 0 bridgehead atoms. The molecule has 0 amide bonds. The third kappa shape index (κ3) is 3.12. The van der Waals surface area contributed by atoms with Crippen LogP contribution in [0.25, 0.3) is 0 Å². The van der Waals surface area contributed by atoms with Gasteiger partial charge in [0.05, 0.1) is 11.9 Å². The predicted octanol–water partition coefficient (Wildman–Crippen LogP) is 3.95. The molecule has 7 heteroatoms. The standard InChI is InChI=1S/C18H17N3O2S2/c1-13-6-9-18(24-13)25(22,23)20-15-7-8-17(19-12-15)21-11-10-14-4-2-3-5-16(14)21/h2-9,12,20H,10-11H2,1H3. The highest BCUT2D eigenvalue weighted by Gasteiger charge is 2.21. The maximum Gasteiger partial charge on any atom is 0.271 e. The van der Waals surface area contributed by atoms with Crippen LogP contribution < -0.4 is 9.62 Å². The van der Waals surface area contributed by atoms with E-state index in [9.17, 15) is 8.42 Å². The summed E-state index contributed by atoms with van der Waals surface area (Å²) < 4.78 is 27.7. The second-order valence-electron chi connectivity index (χ2n) is 5.91. The number of hydrogen-bond donors (Lipinski definition) is 1. The van der Waals surface area contributed by atoms with Gasteiger partial charge in [-0.25, -0.2) is 13.4 Å². The molecule has 0 aliphatic carbocycles. The summed E-state index contributed by atoms with van der Waals surface area (Å²) in [5, 5.41) is 0. The number of aryl methyl sites for hydroxylation is 1. The Bertz CT molecular complexity index is 1010. The Morgan fingerprint density at radius 2 is 1.96 bits per heavy atom. The molecule has 2 aromatic heterocycles. The van der Waals surface area contributed by atoms with Crippen LogP contribution in [0.4, 0.5) is 17.2 Å². The largest absolute Gasteiger partial charge is 0.326 e. The van der Waals surface area contributed by atoms with Gasteiger partial charge in [-0.15, -0.1) is 11.3 Å². The summed E-state index contributed by atoms with van der Waals surface area (Å²) in [5.41, 5.74) is 2.93. The van der Waals surface area contributed by atoms with Crippen molar-refractivity contribution >= 4 is 38.6 Å². The van der Waals surface area contributed by atoms with Crippen LogP contribution in [0.1, 0.15) is 10.4 Å². The first-order valence-corrected chi connectivity index (χ1v) is 10.2. The molecule has 5 nitrogen and oxygen atoms in total. The lowest BCUT2D eigenvalue weighted by molar-refractivity contribution is 0.603. The Morgan fingerprint density at radius 3 is 2.68 bits per heavy atom. The van der Waals surface area contributed by atoms with Gasteiger partial charge in [0, 0.05) is 17.1 Å². The third-order valence-electron chi connectivity index (χ3n) is 4.14. The number of nitrogens with one attached hydrogen (secondary N) is 1. The minimum absolute atomic E-state index is 0.308. The SMILES string of the molecule is Cc1ccc(S(=O)(=O)Nc2ccc(N3CCc4ccccc43)nc2)s1. The summed E-state index contributed by atoms with van der Waals surface area (Å²) in [6, 6.07) is 15.3. The van der Waals surface area contributed by atoms with Crippen LogP contribution in [-0.4, -0.2) is 19.9 Å². The monoisotopic (exact) mass is 371 g/mol. The average molecular weight is 371 g/mol. The van der Waals surface area contributed by atoms with E-state index >= 15 is 0 Å². The van der Waals surface area contributed by atoms with E-state index in [1.165, 1.54) is 16.9 Å². The molecule has 3 heterocycles. The molecule has 0 radical (unpaired) electrons. The molecule has 0 fully saturated rings. The molecule has 128 valence electrons. The normalized spacial score (nSPS) is 13.7. The van der Waals surface area contributed by atoms with Crippen LogP contribution in [0, 0.1) is 6.92 Å². The molecule has 3 aromatic rings. The molecule has 4 rings (SSSR count). The summed E-state index contributed by atoms with van der Waals surface area (Å²) >= 11 is 1.25. The van der Waals surface area contributed by atoms with E-state index in [2.05, 4.69) is 26.7 Å². The molecule has 0 saturated carbocycles. The quantitative estimate of drug-likeness (QED) is 0.754. The lowest BCUT2D eigenvalue weighted by atomic mass is 10.2. The Labute approximate surface area is 151 Å². The Kier molecular flexibility index (Phi) is 3.97. The summed E-state index contributed by atoms with van der Waals surface area (Å²) in [4.78, 5) is 7.55. The van der Waals surface area contributed by atoms with Gasteiger partial charge in [-0.05, 0) is 49.2 Å². The summed E-state index contributed by atoms with van der Waals surface area (Å²) in [5.74, 6) is 0.819. The number of para-hydroxylation sites is 1. The van der Waals surface area contributed by atoms with Crippen LogP contribution in [0.3, 0.4) is 0 Å². The lowest BCUT2D eigenvalue weighted by Gasteiger charge is -2.18. The zero-order chi connectivity index (χ0) is 17.4. The fourth-order valence-electron chi connectivity index (χ4n) is 2.94. The smallest absolute Gasteiger partial charge is 0.271 e. The van der Waals surface area contributed by atoms with Gasteiger partial charge in [-0.3, -0.25) is 4.72 Å². The third-order valence-corrected chi connectivity index (χ3v) is 7.02. The van der Waals surface area contributed by atoms with Crippen molar-refractivity contribution in [3.8, 4) is 0 Å². The van der Waals surface area contributed by atoms with E-state index in [4.69, 9.17) is 0 Å². The van der Waals surface area contributed by atoms with Gasteiger partial charge < -0.3 is 4.90 Å². The predicted molar refractivity (Wildman–Crippen MR) is 101 cm³/mol. The van der Waals surface area contributed by atoms with Gasteiger partial charge in [-0.1, -0.05) is 18.2 Å². The summed E-state index contributed by atoms with van der Waals surface area (Å²) in [6.07, 6.45) is 2.55. The van der Waals surface area contributed by atoms with Gasteiger partial charge in [0.1, 0.15) is 10.0 Å². The molecule has 1 N–H and O–H groups in total. The number of aromatic nitrogens is 1. The topological polar surface area (TPSA) is 62.3 Å². The van der Waals surface area contributed by atoms with E-state index in [-0.39, 0.29) is 0 Å². The van der Waals surface area contributed by atoms with Crippen molar-refractivity contribution in [2.75, 3.05) is 16.2 Å². The number of pyridine rings is 1. The molecule has 0 spiro atoms. The van der Waals surface area contributed by atoms with Crippen molar-refractivity contribution in [3.05, 3.63) is 65.2 Å². The van der Waals surface area contributed by atoms with Gasteiger partial charge >= 0.3 is 0 Å². The fourth-order valence-corrected chi connectivity index (χ4v) is 5.27. The molecule has 0 atom stereocenters. The zero-order valence-electron chi connectivity index (χ0n) is 13.6. The second-order valence-corrected chi connectivity index (χ2v) is 9.10. The highest BCUT2D eigenvalue weighted by Crippen LogP contribution is 2.33. The highest BCUT2D eigenvalue weighted by atomic mass is 32.2. The van der Waals surface area contributed by atoms with E-state index in [0.29, 0.717) is 9.90 Å². The van der Waals surface area contributed by atoms with Crippen LogP contribution in [0.15, 0.2) is 58.9 Å². The second kappa shape index (κ2) is 6.16. The number of thiophene rings is 1. The first kappa shape index (κ1) is 16.1. The van der Waals surface area contributed by atoms with E-state index in [0.717, 1.165) is 29.3 Å². The number of hydrogen-bond acceptors (Lipinski definition) is 5. The number of fused-ring (bicyclic) bond motifs is 1. The number of rotatable bonds is 4. The van der Waals surface area contributed by atoms with Crippen molar-refractivity contribution < 1.29 is 8.42 Å². The highest BCUT2D eigenvalue weighted by molar-refractivity contribution is 7.94. The minimum Gasteiger partial charge on any atom is -0.326 e. The van der Waals surface area contributed by atoms with E-state index in [1.54, 1.807) is 24.4 Å². The van der Waals surface area contributed by atoms with Gasteiger partial charge in [0.15, 0.2) is 0 Å². The Hall–Kier alpha value is -2.38. The fraction of sp³-hybridized carbons (Fsp3) is 0.167. The molecule has 1 aliphatic rings. The van der Waals surface area contributed by atoms with E-state index in [1.807, 2.05) is 25.1 Å². The zero-order valence-corrected chi connectivity index (χ0v) is 15.3. The number of benzene rings is 1. The maximum absolute atomic E-state index is 12.4. The van der Waals surface area contributed by atoms with Gasteiger partial charge in [-0.2, -0.15) is 0 Å². The Morgan fingerprint density at radius 1 is 1.12 bits per heavy atom. The molecular formula is C18H17N3O2S2. The van der Waals surface area contributed by atoms with Crippen molar-refractivity contribution in [1.82, 2.24) is 4.98 Å². The molecule has 0 saturated heterocycles. The Balaban J connectivity index is 1.55. The van der Waals surface area contributed by atoms with Gasteiger partial charge in [0.2, 0.25) is 0 Å². The molecule has 25 heavy (non-hydrogen) atoms. The first-order valence-electron chi connectivity index (χ1n) is 7.94. The van der Waals surface area contributed by atoms with Crippen molar-refractivity contribution in [2.24, 2.45) is 0 Å². The first-order chi connectivity index (χ1) is 12.0. The van der Waals surface area contributed by atoms with Crippen LogP contribution in [0.5, 0.6) is 0 Å². The van der Waals surface area contributed by atoms with Crippen LogP contribution in [0.2, 0.25) is 0 Å². The molecule has 0 unspecified atom stereocenters. The summed E-state index contributed by atoms with van der Waals surface area (Å²) in [6.45, 7) is 2.76. The molecule has 1 aromatic carbocycles. The van der Waals surface area contributed by atoms with Crippen LogP contribution in [-0.2, 0) is 16.4 Å². The van der Waals surface area contributed by atoms with Crippen molar-refractivity contribution in [3.63, 3.8) is 0 Å². The molecule has 1 aliphatic heterocycles. The van der Waals surface area contributed by atoms with Crippen molar-refractivity contribution in [1.29, 1.82) is 0 Å². The average Bonchev–Trinajstić information content (AvgIpc) is 3.22. The van der Waals surface area contributed by atoms with Crippen LogP contribution >= 0.6 is 11.3 Å². The number of sulfonamides is 1. The van der Waals surface area contributed by atoms with Crippen molar-refractivity contribution in [2.45, 2.75) is 17.6 Å². The molecular weight excluding hydrogens is 354 g/mol. The minimum atomic E-state index is -3.56. The summed E-state index contributed by atoms with van der Waals surface area (Å²) in [7, 11) is -3.56. The lowest BCUT2D eigenvalue weighted by Crippen LogP contribution is -2.15.